The fourth-order valence-corrected chi connectivity index (χ4v) is 5.25. The van der Waals surface area contributed by atoms with Crippen LogP contribution in [0.5, 0.6) is 0 Å². The third-order valence-corrected chi connectivity index (χ3v) is 6.90. The SMILES string of the molecule is CC1=CNC(C(=O)NC2CCCCCC2)(c2ccc(Cl)cc2Cl)N1c1ccc(Cl)cc1. The largest absolute Gasteiger partial charge is 0.355 e. The zero-order valence-electron chi connectivity index (χ0n) is 17.4. The lowest BCUT2D eigenvalue weighted by Crippen LogP contribution is -2.61. The molecule has 1 atom stereocenters. The van der Waals surface area contributed by atoms with Crippen molar-refractivity contribution in [3.8, 4) is 0 Å². The maximum atomic E-state index is 14.0. The predicted octanol–water partition coefficient (Wildman–Crippen LogP) is 6.61. The van der Waals surface area contributed by atoms with Gasteiger partial charge in [-0.2, -0.15) is 0 Å². The van der Waals surface area contributed by atoms with E-state index in [1.165, 1.54) is 12.8 Å². The van der Waals surface area contributed by atoms with E-state index in [4.69, 9.17) is 34.8 Å². The van der Waals surface area contributed by atoms with E-state index < -0.39 is 5.66 Å². The number of hydrogen-bond donors (Lipinski definition) is 2. The molecule has 1 heterocycles. The first-order valence-electron chi connectivity index (χ1n) is 10.7. The van der Waals surface area contributed by atoms with Gasteiger partial charge in [0.1, 0.15) is 0 Å². The molecule has 2 N–H and O–H groups in total. The minimum atomic E-state index is -1.23. The van der Waals surface area contributed by atoms with Crippen LogP contribution in [0.15, 0.2) is 54.4 Å². The van der Waals surface area contributed by atoms with Gasteiger partial charge in [0, 0.05) is 39.2 Å². The van der Waals surface area contributed by atoms with Crippen molar-refractivity contribution in [2.45, 2.75) is 57.2 Å². The van der Waals surface area contributed by atoms with Crippen LogP contribution in [0.25, 0.3) is 0 Å². The van der Waals surface area contributed by atoms with Gasteiger partial charge >= 0.3 is 0 Å². The highest BCUT2D eigenvalue weighted by Gasteiger charge is 2.51. The van der Waals surface area contributed by atoms with Gasteiger partial charge in [-0.15, -0.1) is 0 Å². The molecule has 1 aliphatic carbocycles. The summed E-state index contributed by atoms with van der Waals surface area (Å²) in [5.74, 6) is -0.133. The molecule has 0 radical (unpaired) electrons. The molecule has 0 saturated heterocycles. The predicted molar refractivity (Wildman–Crippen MR) is 129 cm³/mol. The summed E-state index contributed by atoms with van der Waals surface area (Å²) in [6.07, 6.45) is 8.53. The number of anilines is 1. The Morgan fingerprint density at radius 1 is 1.00 bits per heavy atom. The summed E-state index contributed by atoms with van der Waals surface area (Å²) in [7, 11) is 0. The molecule has 2 aromatic rings. The minimum absolute atomic E-state index is 0.133. The lowest BCUT2D eigenvalue weighted by atomic mass is 9.94. The van der Waals surface area contributed by atoms with Crippen molar-refractivity contribution in [2.75, 3.05) is 4.90 Å². The standard InChI is InChI=1S/C24H26Cl3N3O/c1-16-15-28-24(21-13-10-18(26)14-22(21)27,30(16)20-11-8-17(25)9-12-20)23(31)29-19-6-4-2-3-5-7-19/h8-15,19,28H,2-7H2,1H3,(H,29,31). The Morgan fingerprint density at radius 3 is 2.29 bits per heavy atom. The highest BCUT2D eigenvalue weighted by Crippen LogP contribution is 2.42. The summed E-state index contributed by atoms with van der Waals surface area (Å²) in [6.45, 7) is 1.96. The molecule has 1 fully saturated rings. The molecule has 7 heteroatoms. The molecule has 0 spiro atoms. The molecule has 4 rings (SSSR count). The quantitative estimate of drug-likeness (QED) is 0.486. The molecule has 0 bridgehead atoms. The average Bonchev–Trinajstić information content (AvgIpc) is 2.90. The number of carbonyl (C=O) groups is 1. The molecule has 1 unspecified atom stereocenters. The van der Waals surface area contributed by atoms with Crippen LogP contribution in [0.4, 0.5) is 5.69 Å². The number of hydrogen-bond acceptors (Lipinski definition) is 3. The molecule has 164 valence electrons. The van der Waals surface area contributed by atoms with E-state index in [-0.39, 0.29) is 11.9 Å². The van der Waals surface area contributed by atoms with E-state index in [1.54, 1.807) is 12.1 Å². The van der Waals surface area contributed by atoms with E-state index in [1.807, 2.05) is 48.4 Å². The Morgan fingerprint density at radius 2 is 1.65 bits per heavy atom. The molecular formula is C24H26Cl3N3O. The van der Waals surface area contributed by atoms with Crippen molar-refractivity contribution >= 4 is 46.4 Å². The summed E-state index contributed by atoms with van der Waals surface area (Å²) in [5.41, 5.74) is 1.15. The van der Waals surface area contributed by atoms with Gasteiger partial charge < -0.3 is 15.5 Å². The monoisotopic (exact) mass is 477 g/mol. The number of carbonyl (C=O) groups excluding carboxylic acids is 1. The van der Waals surface area contributed by atoms with Gasteiger partial charge in [-0.25, -0.2) is 0 Å². The fourth-order valence-electron chi connectivity index (χ4n) is 4.57. The van der Waals surface area contributed by atoms with Gasteiger partial charge in [-0.05, 0) is 56.2 Å². The Hall–Kier alpha value is -1.88. The number of nitrogens with zero attached hydrogens (tertiary/aromatic N) is 1. The van der Waals surface area contributed by atoms with Gasteiger partial charge in [0.25, 0.3) is 5.91 Å². The van der Waals surface area contributed by atoms with Crippen LogP contribution in [0, 0.1) is 0 Å². The summed E-state index contributed by atoms with van der Waals surface area (Å²) in [6, 6.07) is 12.9. The second-order valence-electron chi connectivity index (χ2n) is 8.24. The zero-order valence-corrected chi connectivity index (χ0v) is 19.7. The maximum Gasteiger partial charge on any atom is 0.272 e. The maximum absolute atomic E-state index is 14.0. The van der Waals surface area contributed by atoms with Crippen molar-refractivity contribution in [2.24, 2.45) is 0 Å². The number of benzene rings is 2. The van der Waals surface area contributed by atoms with Crippen molar-refractivity contribution in [1.82, 2.24) is 10.6 Å². The lowest BCUT2D eigenvalue weighted by Gasteiger charge is -2.41. The third kappa shape index (κ3) is 4.39. The fraction of sp³-hybridized carbons (Fsp3) is 0.375. The van der Waals surface area contributed by atoms with E-state index in [0.717, 1.165) is 37.1 Å². The van der Waals surface area contributed by atoms with Gasteiger partial charge in [0.05, 0.1) is 5.02 Å². The van der Waals surface area contributed by atoms with Crippen LogP contribution in [-0.2, 0) is 10.5 Å². The molecule has 1 amide bonds. The molecule has 31 heavy (non-hydrogen) atoms. The Bertz CT molecular complexity index is 984. The normalized spacial score (nSPS) is 21.9. The number of halogens is 3. The average molecular weight is 479 g/mol. The molecule has 2 aromatic carbocycles. The van der Waals surface area contributed by atoms with Gasteiger partial charge in [-0.1, -0.05) is 66.6 Å². The van der Waals surface area contributed by atoms with Crippen molar-refractivity contribution in [1.29, 1.82) is 0 Å². The first-order valence-corrected chi connectivity index (χ1v) is 11.8. The van der Waals surface area contributed by atoms with E-state index in [2.05, 4.69) is 10.6 Å². The lowest BCUT2D eigenvalue weighted by molar-refractivity contribution is -0.128. The van der Waals surface area contributed by atoms with Crippen molar-refractivity contribution in [3.05, 3.63) is 75.0 Å². The molecule has 0 aromatic heterocycles. The van der Waals surface area contributed by atoms with Crippen LogP contribution in [-0.4, -0.2) is 11.9 Å². The van der Waals surface area contributed by atoms with Gasteiger partial charge in [0.15, 0.2) is 0 Å². The number of allylic oxidation sites excluding steroid dienone is 1. The van der Waals surface area contributed by atoms with E-state index in [9.17, 15) is 4.79 Å². The molecule has 2 aliphatic rings. The first-order chi connectivity index (χ1) is 14.9. The van der Waals surface area contributed by atoms with Crippen LogP contribution >= 0.6 is 34.8 Å². The first kappa shape index (κ1) is 22.3. The Kier molecular flexibility index (Phi) is 6.71. The highest BCUT2D eigenvalue weighted by molar-refractivity contribution is 6.35. The van der Waals surface area contributed by atoms with E-state index >= 15 is 0 Å². The number of amides is 1. The van der Waals surface area contributed by atoms with Crippen LogP contribution in [0.1, 0.15) is 51.0 Å². The molecule has 1 aliphatic heterocycles. The topological polar surface area (TPSA) is 44.4 Å². The Labute approximate surface area is 198 Å². The summed E-state index contributed by atoms with van der Waals surface area (Å²) >= 11 is 19.0. The third-order valence-electron chi connectivity index (χ3n) is 6.10. The second-order valence-corrected chi connectivity index (χ2v) is 9.52. The van der Waals surface area contributed by atoms with Crippen molar-refractivity contribution in [3.63, 3.8) is 0 Å². The summed E-state index contributed by atoms with van der Waals surface area (Å²) in [4.78, 5) is 16.0. The van der Waals surface area contributed by atoms with Crippen LogP contribution < -0.4 is 15.5 Å². The number of nitrogens with one attached hydrogen (secondary N) is 2. The second kappa shape index (κ2) is 9.32. The van der Waals surface area contributed by atoms with Crippen LogP contribution in [0.2, 0.25) is 15.1 Å². The minimum Gasteiger partial charge on any atom is -0.355 e. The van der Waals surface area contributed by atoms with Crippen molar-refractivity contribution < 1.29 is 4.79 Å². The zero-order chi connectivity index (χ0) is 22.0. The molecule has 1 saturated carbocycles. The van der Waals surface area contributed by atoms with Gasteiger partial charge in [-0.3, -0.25) is 4.79 Å². The molecule has 4 nitrogen and oxygen atoms in total. The summed E-state index contributed by atoms with van der Waals surface area (Å²) < 4.78 is 0. The smallest absolute Gasteiger partial charge is 0.272 e. The van der Waals surface area contributed by atoms with E-state index in [0.29, 0.717) is 20.6 Å². The van der Waals surface area contributed by atoms with Gasteiger partial charge in [0.2, 0.25) is 5.66 Å². The highest BCUT2D eigenvalue weighted by atomic mass is 35.5. The molecular weight excluding hydrogens is 453 g/mol. The number of rotatable bonds is 4. The van der Waals surface area contributed by atoms with Crippen LogP contribution in [0.3, 0.4) is 0 Å². The Balaban J connectivity index is 1.80. The summed E-state index contributed by atoms with van der Waals surface area (Å²) in [5, 5.41) is 8.26.